The molecule has 116 valence electrons. The highest BCUT2D eigenvalue weighted by Crippen LogP contribution is 2.17. The molecule has 0 fully saturated rings. The van der Waals surface area contributed by atoms with E-state index in [1.54, 1.807) is 6.07 Å². The first-order chi connectivity index (χ1) is 9.85. The van der Waals surface area contributed by atoms with Crippen molar-refractivity contribution in [3.63, 3.8) is 0 Å². The van der Waals surface area contributed by atoms with Gasteiger partial charge in [-0.15, -0.1) is 0 Å². The highest BCUT2D eigenvalue weighted by molar-refractivity contribution is 5.88. The molecule has 3 atom stereocenters. The second kappa shape index (κ2) is 7.88. The first-order valence-corrected chi connectivity index (χ1v) is 7.10. The Bertz CT molecular complexity index is 504. The van der Waals surface area contributed by atoms with Crippen LogP contribution in [0.25, 0.3) is 0 Å². The summed E-state index contributed by atoms with van der Waals surface area (Å²) in [5.41, 5.74) is 6.40. The molecule has 0 bridgehead atoms. The molecule has 1 aromatic carbocycles. The number of carboxylic acid groups (broad SMARTS) is 1. The molecule has 1 rings (SSSR count). The summed E-state index contributed by atoms with van der Waals surface area (Å²) in [5.74, 6) is -2.60. The number of nitrogens with two attached hydrogens (primary N) is 1. The number of benzene rings is 1. The lowest BCUT2D eigenvalue weighted by atomic mass is 9.88. The number of Topliss-reactive ketones (excluding diaryl/α,β-unsaturated/α-hetero) is 1. The van der Waals surface area contributed by atoms with Gasteiger partial charge in [0, 0.05) is 6.42 Å². The summed E-state index contributed by atoms with van der Waals surface area (Å²) in [6, 6.07) is 5.11. The van der Waals surface area contributed by atoms with E-state index in [0.29, 0.717) is 5.56 Å². The Balaban J connectivity index is 2.74. The Morgan fingerprint density at radius 2 is 2.05 bits per heavy atom. The normalized spacial score (nSPS) is 15.2. The predicted molar refractivity (Wildman–Crippen MR) is 78.3 cm³/mol. The molecule has 0 spiro atoms. The van der Waals surface area contributed by atoms with E-state index in [2.05, 4.69) is 0 Å². The largest absolute Gasteiger partial charge is 0.481 e. The van der Waals surface area contributed by atoms with E-state index in [-0.39, 0.29) is 24.5 Å². The molecule has 1 aromatic rings. The zero-order valence-electron chi connectivity index (χ0n) is 12.4. The molecule has 0 aliphatic rings. The lowest BCUT2D eigenvalue weighted by Crippen LogP contribution is -2.38. The van der Waals surface area contributed by atoms with Crippen LogP contribution in [-0.2, 0) is 16.0 Å². The first kappa shape index (κ1) is 17.3. The van der Waals surface area contributed by atoms with Crippen molar-refractivity contribution in [3.8, 4) is 0 Å². The number of hydrogen-bond acceptors (Lipinski definition) is 3. The van der Waals surface area contributed by atoms with Crippen molar-refractivity contribution < 1.29 is 19.1 Å². The third kappa shape index (κ3) is 5.27. The fourth-order valence-electron chi connectivity index (χ4n) is 2.15. The second-order valence-electron chi connectivity index (χ2n) is 5.45. The molecule has 3 N–H and O–H groups in total. The number of ketones is 1. The van der Waals surface area contributed by atoms with Crippen LogP contribution >= 0.6 is 0 Å². The smallest absolute Gasteiger partial charge is 0.307 e. The van der Waals surface area contributed by atoms with Gasteiger partial charge in [-0.3, -0.25) is 9.59 Å². The molecule has 0 saturated carbocycles. The fraction of sp³-hybridized carbons (Fsp3) is 0.500. The van der Waals surface area contributed by atoms with Crippen LogP contribution in [0.4, 0.5) is 4.39 Å². The Kier molecular flexibility index (Phi) is 6.49. The van der Waals surface area contributed by atoms with E-state index < -0.39 is 23.7 Å². The minimum Gasteiger partial charge on any atom is -0.481 e. The summed E-state index contributed by atoms with van der Waals surface area (Å²) in [7, 11) is 0. The van der Waals surface area contributed by atoms with E-state index >= 15 is 0 Å². The van der Waals surface area contributed by atoms with E-state index in [0.717, 1.165) is 6.42 Å². The molecule has 4 nitrogen and oxygen atoms in total. The molecule has 0 aliphatic heterocycles. The van der Waals surface area contributed by atoms with Gasteiger partial charge in [-0.2, -0.15) is 0 Å². The molecular formula is C16H22FNO3. The van der Waals surface area contributed by atoms with Gasteiger partial charge >= 0.3 is 5.97 Å². The Labute approximate surface area is 124 Å². The first-order valence-electron chi connectivity index (χ1n) is 7.10. The zero-order valence-corrected chi connectivity index (χ0v) is 12.4. The van der Waals surface area contributed by atoms with Crippen LogP contribution < -0.4 is 5.73 Å². The average Bonchev–Trinajstić information content (AvgIpc) is 2.44. The van der Waals surface area contributed by atoms with Crippen molar-refractivity contribution in [3.05, 3.63) is 35.6 Å². The van der Waals surface area contributed by atoms with Gasteiger partial charge in [0.25, 0.3) is 0 Å². The van der Waals surface area contributed by atoms with Crippen molar-refractivity contribution in [2.45, 2.75) is 39.2 Å². The van der Waals surface area contributed by atoms with Gasteiger partial charge in [0.1, 0.15) is 5.82 Å². The lowest BCUT2D eigenvalue weighted by Gasteiger charge is -2.19. The van der Waals surface area contributed by atoms with Crippen LogP contribution in [0.15, 0.2) is 24.3 Å². The van der Waals surface area contributed by atoms with Crippen molar-refractivity contribution in [1.29, 1.82) is 0 Å². The summed E-state index contributed by atoms with van der Waals surface area (Å²) in [6.45, 7) is 3.80. The van der Waals surface area contributed by atoms with Crippen LogP contribution in [0.3, 0.4) is 0 Å². The van der Waals surface area contributed by atoms with Crippen molar-refractivity contribution >= 4 is 11.8 Å². The lowest BCUT2D eigenvalue weighted by molar-refractivity contribution is -0.144. The van der Waals surface area contributed by atoms with Crippen LogP contribution in [0.1, 0.15) is 32.3 Å². The summed E-state index contributed by atoms with van der Waals surface area (Å²) >= 11 is 0. The van der Waals surface area contributed by atoms with Crippen LogP contribution in [-0.4, -0.2) is 22.9 Å². The Hall–Kier alpha value is -1.75. The summed E-state index contributed by atoms with van der Waals surface area (Å²) in [6.07, 6.45) is 0.748. The molecular weight excluding hydrogens is 273 g/mol. The SMILES string of the molecule is CC[C@H](C)[C@H](N)C(=O)CC(Cc1cccc(F)c1)C(=O)O. The number of hydrogen-bond donors (Lipinski definition) is 2. The maximum Gasteiger partial charge on any atom is 0.307 e. The highest BCUT2D eigenvalue weighted by atomic mass is 19.1. The average molecular weight is 295 g/mol. The molecule has 0 heterocycles. The van der Waals surface area contributed by atoms with E-state index in [1.807, 2.05) is 13.8 Å². The maximum atomic E-state index is 13.1. The third-order valence-electron chi connectivity index (χ3n) is 3.80. The molecule has 0 amide bonds. The maximum absolute atomic E-state index is 13.1. The molecule has 0 radical (unpaired) electrons. The third-order valence-corrected chi connectivity index (χ3v) is 3.80. The fourth-order valence-corrected chi connectivity index (χ4v) is 2.15. The van der Waals surface area contributed by atoms with Gasteiger partial charge in [0.05, 0.1) is 12.0 Å². The van der Waals surface area contributed by atoms with Gasteiger partial charge in [-0.05, 0) is 30.0 Å². The highest BCUT2D eigenvalue weighted by Gasteiger charge is 2.27. The molecule has 21 heavy (non-hydrogen) atoms. The van der Waals surface area contributed by atoms with Gasteiger partial charge in [-0.1, -0.05) is 32.4 Å². The number of halogens is 1. The Morgan fingerprint density at radius 1 is 1.38 bits per heavy atom. The number of rotatable bonds is 8. The summed E-state index contributed by atoms with van der Waals surface area (Å²) in [4.78, 5) is 23.4. The summed E-state index contributed by atoms with van der Waals surface area (Å²) in [5, 5.41) is 9.24. The number of carbonyl (C=O) groups excluding carboxylic acids is 1. The van der Waals surface area contributed by atoms with Crippen molar-refractivity contribution in [2.75, 3.05) is 0 Å². The number of carbonyl (C=O) groups is 2. The van der Waals surface area contributed by atoms with Crippen LogP contribution in [0.2, 0.25) is 0 Å². The minimum atomic E-state index is -1.07. The van der Waals surface area contributed by atoms with Crippen LogP contribution in [0, 0.1) is 17.7 Å². The van der Waals surface area contributed by atoms with Gasteiger partial charge in [0.2, 0.25) is 0 Å². The standard InChI is InChI=1S/C16H22FNO3/c1-3-10(2)15(18)14(19)9-12(16(20)21)7-11-5-4-6-13(17)8-11/h4-6,8,10,12,15H,3,7,9,18H2,1-2H3,(H,20,21)/t10-,12?,15-/m0/s1. The monoisotopic (exact) mass is 295 g/mol. The van der Waals surface area contributed by atoms with Gasteiger partial charge in [0.15, 0.2) is 5.78 Å². The minimum absolute atomic E-state index is 0.0149. The van der Waals surface area contributed by atoms with Gasteiger partial charge in [-0.25, -0.2) is 4.39 Å². The van der Waals surface area contributed by atoms with E-state index in [1.165, 1.54) is 18.2 Å². The topological polar surface area (TPSA) is 80.4 Å². The Morgan fingerprint density at radius 3 is 2.57 bits per heavy atom. The number of aliphatic carboxylic acids is 1. The molecule has 5 heteroatoms. The number of carboxylic acids is 1. The quantitative estimate of drug-likeness (QED) is 0.771. The van der Waals surface area contributed by atoms with Gasteiger partial charge < -0.3 is 10.8 Å². The zero-order chi connectivity index (χ0) is 16.0. The van der Waals surface area contributed by atoms with E-state index in [9.17, 15) is 19.1 Å². The molecule has 1 unspecified atom stereocenters. The second-order valence-corrected chi connectivity index (χ2v) is 5.45. The molecule has 0 aliphatic carbocycles. The van der Waals surface area contributed by atoms with Crippen molar-refractivity contribution in [1.82, 2.24) is 0 Å². The van der Waals surface area contributed by atoms with Crippen LogP contribution in [0.5, 0.6) is 0 Å². The molecule has 0 aromatic heterocycles. The van der Waals surface area contributed by atoms with Crippen molar-refractivity contribution in [2.24, 2.45) is 17.6 Å². The molecule has 0 saturated heterocycles. The summed E-state index contributed by atoms with van der Waals surface area (Å²) < 4.78 is 13.1. The van der Waals surface area contributed by atoms with E-state index in [4.69, 9.17) is 5.73 Å². The predicted octanol–water partition coefficient (Wildman–Crippen LogP) is 2.40.